The largest absolute Gasteiger partial charge is 0.496 e. The molecule has 0 unspecified atom stereocenters. The molecule has 1 amide bonds. The molecule has 0 aliphatic heterocycles. The van der Waals surface area contributed by atoms with Gasteiger partial charge >= 0.3 is 5.69 Å². The molecule has 1 heterocycles. The standard InChI is InChI=1S/C15H20N4O3S/c1-3-8-19-14(21)17-18-15(19)23-10-13(20)16-9-11-6-4-5-7-12(11)22-2/h4-7H,3,8-10H2,1-2H3,(H,16,20)(H,17,21). The third-order valence-corrected chi connectivity index (χ3v) is 4.15. The summed E-state index contributed by atoms with van der Waals surface area (Å²) in [6.45, 7) is 2.96. The van der Waals surface area contributed by atoms with Crippen molar-refractivity contribution in [3.8, 4) is 5.75 Å². The summed E-state index contributed by atoms with van der Waals surface area (Å²) in [6.07, 6.45) is 0.826. The van der Waals surface area contributed by atoms with Crippen LogP contribution in [0.2, 0.25) is 0 Å². The van der Waals surface area contributed by atoms with Crippen LogP contribution in [0.3, 0.4) is 0 Å². The molecule has 0 atom stereocenters. The zero-order chi connectivity index (χ0) is 16.7. The number of methoxy groups -OCH3 is 1. The highest BCUT2D eigenvalue weighted by atomic mass is 32.2. The van der Waals surface area contributed by atoms with E-state index in [-0.39, 0.29) is 17.3 Å². The zero-order valence-electron chi connectivity index (χ0n) is 13.2. The van der Waals surface area contributed by atoms with Crippen molar-refractivity contribution < 1.29 is 9.53 Å². The Labute approximate surface area is 138 Å². The highest BCUT2D eigenvalue weighted by Gasteiger charge is 2.11. The number of nitrogens with one attached hydrogen (secondary N) is 2. The number of benzene rings is 1. The van der Waals surface area contributed by atoms with Crippen molar-refractivity contribution in [2.45, 2.75) is 31.6 Å². The highest BCUT2D eigenvalue weighted by Crippen LogP contribution is 2.17. The van der Waals surface area contributed by atoms with Crippen LogP contribution in [-0.2, 0) is 17.9 Å². The molecular weight excluding hydrogens is 316 g/mol. The number of hydrogen-bond donors (Lipinski definition) is 2. The molecule has 0 saturated carbocycles. The first-order chi connectivity index (χ1) is 11.2. The number of H-pyrrole nitrogens is 1. The highest BCUT2D eigenvalue weighted by molar-refractivity contribution is 7.99. The summed E-state index contributed by atoms with van der Waals surface area (Å²) in [5, 5.41) is 9.72. The number of thioether (sulfide) groups is 1. The van der Waals surface area contributed by atoms with Crippen molar-refractivity contribution in [1.29, 1.82) is 0 Å². The quantitative estimate of drug-likeness (QED) is 0.711. The Morgan fingerprint density at radius 3 is 2.96 bits per heavy atom. The average Bonchev–Trinajstić information content (AvgIpc) is 2.92. The van der Waals surface area contributed by atoms with E-state index in [1.807, 2.05) is 31.2 Å². The van der Waals surface area contributed by atoms with E-state index in [4.69, 9.17) is 4.74 Å². The molecule has 0 aliphatic carbocycles. The second kappa shape index (κ2) is 8.42. The van der Waals surface area contributed by atoms with E-state index in [0.29, 0.717) is 18.2 Å². The van der Waals surface area contributed by atoms with Gasteiger partial charge in [0.05, 0.1) is 12.9 Å². The molecule has 0 fully saturated rings. The number of amides is 1. The average molecular weight is 336 g/mol. The van der Waals surface area contributed by atoms with Crippen molar-refractivity contribution in [3.05, 3.63) is 40.3 Å². The van der Waals surface area contributed by atoms with Crippen LogP contribution in [0.4, 0.5) is 0 Å². The molecule has 0 bridgehead atoms. The molecule has 2 rings (SSSR count). The van der Waals surface area contributed by atoms with Gasteiger partial charge in [0.15, 0.2) is 5.16 Å². The fourth-order valence-corrected chi connectivity index (χ4v) is 2.86. The summed E-state index contributed by atoms with van der Waals surface area (Å²) in [7, 11) is 1.60. The third kappa shape index (κ3) is 4.62. The van der Waals surface area contributed by atoms with E-state index in [1.165, 1.54) is 16.3 Å². The van der Waals surface area contributed by atoms with Crippen molar-refractivity contribution in [2.24, 2.45) is 0 Å². The van der Waals surface area contributed by atoms with Crippen molar-refractivity contribution in [2.75, 3.05) is 12.9 Å². The van der Waals surface area contributed by atoms with E-state index < -0.39 is 0 Å². The van der Waals surface area contributed by atoms with Crippen LogP contribution in [0.1, 0.15) is 18.9 Å². The van der Waals surface area contributed by atoms with Gasteiger partial charge in [-0.1, -0.05) is 36.9 Å². The number of carbonyl (C=O) groups excluding carboxylic acids is 1. The van der Waals surface area contributed by atoms with E-state index in [0.717, 1.165) is 17.7 Å². The lowest BCUT2D eigenvalue weighted by Gasteiger charge is -2.09. The smallest absolute Gasteiger partial charge is 0.343 e. The number of aromatic amines is 1. The molecule has 0 spiro atoms. The molecule has 8 heteroatoms. The van der Waals surface area contributed by atoms with Gasteiger partial charge in [-0.25, -0.2) is 9.89 Å². The zero-order valence-corrected chi connectivity index (χ0v) is 14.0. The molecule has 124 valence electrons. The minimum Gasteiger partial charge on any atom is -0.496 e. The van der Waals surface area contributed by atoms with Gasteiger partial charge in [0, 0.05) is 18.7 Å². The van der Waals surface area contributed by atoms with Gasteiger partial charge in [-0.15, -0.1) is 5.10 Å². The molecular formula is C15H20N4O3S. The molecule has 7 nitrogen and oxygen atoms in total. The molecule has 1 aromatic heterocycles. The van der Waals surface area contributed by atoms with Crippen LogP contribution in [0.15, 0.2) is 34.2 Å². The fraction of sp³-hybridized carbons (Fsp3) is 0.400. The Balaban J connectivity index is 1.87. The Bertz CT molecular complexity index is 711. The molecule has 23 heavy (non-hydrogen) atoms. The van der Waals surface area contributed by atoms with E-state index in [9.17, 15) is 9.59 Å². The van der Waals surface area contributed by atoms with E-state index in [1.54, 1.807) is 7.11 Å². The maximum absolute atomic E-state index is 12.0. The van der Waals surface area contributed by atoms with Crippen LogP contribution in [0.25, 0.3) is 0 Å². The summed E-state index contributed by atoms with van der Waals surface area (Å²) in [4.78, 5) is 23.5. The monoisotopic (exact) mass is 336 g/mol. The van der Waals surface area contributed by atoms with E-state index >= 15 is 0 Å². The number of nitrogens with zero attached hydrogens (tertiary/aromatic N) is 2. The first-order valence-corrected chi connectivity index (χ1v) is 8.30. The maximum Gasteiger partial charge on any atom is 0.343 e. The number of para-hydroxylation sites is 1. The second-order valence-corrected chi connectivity index (χ2v) is 5.78. The Morgan fingerprint density at radius 1 is 1.43 bits per heavy atom. The van der Waals surface area contributed by atoms with Crippen molar-refractivity contribution >= 4 is 17.7 Å². The SMILES string of the molecule is CCCn1c(SCC(=O)NCc2ccccc2OC)n[nH]c1=O. The van der Waals surface area contributed by atoms with Crippen molar-refractivity contribution in [3.63, 3.8) is 0 Å². The third-order valence-electron chi connectivity index (χ3n) is 3.17. The molecule has 0 saturated heterocycles. The molecule has 0 aliphatic rings. The van der Waals surface area contributed by atoms with Gasteiger partial charge < -0.3 is 10.1 Å². The van der Waals surface area contributed by atoms with Gasteiger partial charge in [-0.3, -0.25) is 9.36 Å². The molecule has 1 aromatic carbocycles. The van der Waals surface area contributed by atoms with Crippen LogP contribution < -0.4 is 15.7 Å². The summed E-state index contributed by atoms with van der Waals surface area (Å²) < 4.78 is 6.78. The first-order valence-electron chi connectivity index (χ1n) is 7.32. The number of aromatic nitrogens is 3. The van der Waals surface area contributed by atoms with Gasteiger partial charge in [-0.05, 0) is 12.5 Å². The number of ether oxygens (including phenoxy) is 1. The summed E-state index contributed by atoms with van der Waals surface area (Å²) in [5.41, 5.74) is 0.666. The van der Waals surface area contributed by atoms with Gasteiger partial charge in [0.2, 0.25) is 5.91 Å². The number of rotatable bonds is 8. The Kier molecular flexibility index (Phi) is 6.28. The number of hydrogen-bond acceptors (Lipinski definition) is 5. The Hall–Kier alpha value is -2.22. The fourth-order valence-electron chi connectivity index (χ4n) is 2.06. The van der Waals surface area contributed by atoms with Gasteiger partial charge in [0.1, 0.15) is 5.75 Å². The normalized spacial score (nSPS) is 10.5. The van der Waals surface area contributed by atoms with Gasteiger partial charge in [0.25, 0.3) is 0 Å². The second-order valence-electron chi connectivity index (χ2n) is 4.84. The topological polar surface area (TPSA) is 89.0 Å². The van der Waals surface area contributed by atoms with Crippen LogP contribution >= 0.6 is 11.8 Å². The number of carbonyl (C=O) groups is 1. The minimum absolute atomic E-state index is 0.126. The molecule has 2 N–H and O–H groups in total. The molecule has 2 aromatic rings. The predicted molar refractivity (Wildman–Crippen MR) is 88.7 cm³/mol. The summed E-state index contributed by atoms with van der Waals surface area (Å²) >= 11 is 1.24. The van der Waals surface area contributed by atoms with Crippen LogP contribution in [0, 0.1) is 0 Å². The lowest BCUT2D eigenvalue weighted by molar-refractivity contribution is -0.118. The minimum atomic E-state index is -0.246. The van der Waals surface area contributed by atoms with E-state index in [2.05, 4.69) is 15.5 Å². The maximum atomic E-state index is 12.0. The summed E-state index contributed by atoms with van der Waals surface area (Å²) in [6, 6.07) is 7.53. The first kappa shape index (κ1) is 17.1. The lowest BCUT2D eigenvalue weighted by atomic mass is 10.2. The van der Waals surface area contributed by atoms with Crippen LogP contribution in [-0.4, -0.2) is 33.5 Å². The lowest BCUT2D eigenvalue weighted by Crippen LogP contribution is -2.25. The van der Waals surface area contributed by atoms with Crippen molar-refractivity contribution in [1.82, 2.24) is 20.1 Å². The Morgan fingerprint density at radius 2 is 2.22 bits per heavy atom. The predicted octanol–water partition coefficient (Wildman–Crippen LogP) is 1.40. The van der Waals surface area contributed by atoms with Gasteiger partial charge in [-0.2, -0.15) is 0 Å². The van der Waals surface area contributed by atoms with Crippen LogP contribution in [0.5, 0.6) is 5.75 Å². The molecule has 0 radical (unpaired) electrons. The summed E-state index contributed by atoms with van der Waals surface area (Å²) in [5.74, 6) is 0.812.